The quantitative estimate of drug-likeness (QED) is 0.792. The van der Waals surface area contributed by atoms with Gasteiger partial charge in [0.1, 0.15) is 0 Å². The van der Waals surface area contributed by atoms with Gasteiger partial charge in [0.25, 0.3) is 5.91 Å². The number of amides is 1. The Morgan fingerprint density at radius 1 is 0.963 bits per heavy atom. The maximum atomic E-state index is 12.9. The van der Waals surface area contributed by atoms with Crippen LogP contribution in [0.25, 0.3) is 0 Å². The minimum absolute atomic E-state index is 0.0110. The summed E-state index contributed by atoms with van der Waals surface area (Å²) in [5.74, 6) is 0.0110. The fraction of sp³-hybridized carbons (Fsp3) is 0.650. The van der Waals surface area contributed by atoms with E-state index in [2.05, 4.69) is 4.90 Å². The van der Waals surface area contributed by atoms with Gasteiger partial charge in [0.05, 0.1) is 4.90 Å². The topological polar surface area (TPSA) is 60.9 Å². The molecule has 0 bridgehead atoms. The zero-order valence-corrected chi connectivity index (χ0v) is 16.8. The third-order valence-corrected chi connectivity index (χ3v) is 8.35. The molecule has 0 unspecified atom stereocenters. The Morgan fingerprint density at radius 2 is 1.74 bits per heavy atom. The number of carbonyl (C=O) groups is 1. The van der Waals surface area contributed by atoms with Crippen LogP contribution in [0.3, 0.4) is 0 Å². The van der Waals surface area contributed by atoms with E-state index in [1.54, 1.807) is 28.6 Å². The molecule has 1 aromatic carbocycles. The van der Waals surface area contributed by atoms with Crippen molar-refractivity contribution < 1.29 is 13.2 Å². The smallest absolute Gasteiger partial charge is 0.253 e. The molecule has 3 saturated heterocycles. The molecule has 0 spiro atoms. The Balaban J connectivity index is 1.47. The Bertz CT molecular complexity index is 793. The summed E-state index contributed by atoms with van der Waals surface area (Å²) in [5.41, 5.74) is 0.576. The van der Waals surface area contributed by atoms with Gasteiger partial charge in [0, 0.05) is 43.8 Å². The summed E-state index contributed by atoms with van der Waals surface area (Å²) in [6.07, 6.45) is 5.27. The van der Waals surface area contributed by atoms with E-state index < -0.39 is 10.0 Å². The molecule has 2 atom stereocenters. The molecular formula is C20H29N3O3S. The molecule has 3 heterocycles. The van der Waals surface area contributed by atoms with E-state index in [-0.39, 0.29) is 16.8 Å². The van der Waals surface area contributed by atoms with Crippen LogP contribution < -0.4 is 0 Å². The molecule has 0 N–H and O–H groups in total. The SMILES string of the molecule is C[C@H]1CCCCN1S(=O)(=O)c1ccc(C(=O)N2CCN3CCC[C@H]3C2)cc1. The first-order valence-corrected chi connectivity index (χ1v) is 11.6. The maximum Gasteiger partial charge on any atom is 0.253 e. The zero-order valence-electron chi connectivity index (χ0n) is 16.0. The number of piperazine rings is 1. The van der Waals surface area contributed by atoms with Crippen LogP contribution in [-0.4, -0.2) is 73.2 Å². The molecule has 3 aliphatic rings. The number of fused-ring (bicyclic) bond motifs is 1. The number of carbonyl (C=O) groups excluding carboxylic acids is 1. The van der Waals surface area contributed by atoms with Crippen molar-refractivity contribution in [3.63, 3.8) is 0 Å². The van der Waals surface area contributed by atoms with Crippen molar-refractivity contribution in [3.05, 3.63) is 29.8 Å². The lowest BCUT2D eigenvalue weighted by Crippen LogP contribution is -2.52. The van der Waals surface area contributed by atoms with Crippen molar-refractivity contribution >= 4 is 15.9 Å². The van der Waals surface area contributed by atoms with E-state index >= 15 is 0 Å². The summed E-state index contributed by atoms with van der Waals surface area (Å²) >= 11 is 0. The van der Waals surface area contributed by atoms with Crippen molar-refractivity contribution in [1.29, 1.82) is 0 Å². The lowest BCUT2D eigenvalue weighted by molar-refractivity contribution is 0.0571. The summed E-state index contributed by atoms with van der Waals surface area (Å²) in [6.45, 7) is 6.17. The Kier molecular flexibility index (Phi) is 5.27. The number of rotatable bonds is 3. The van der Waals surface area contributed by atoms with Gasteiger partial charge in [-0.3, -0.25) is 9.69 Å². The average Bonchev–Trinajstić information content (AvgIpc) is 3.15. The lowest BCUT2D eigenvalue weighted by atomic mass is 10.1. The predicted octanol–water partition coefficient (Wildman–Crippen LogP) is 2.17. The van der Waals surface area contributed by atoms with Crippen LogP contribution in [0.1, 0.15) is 49.4 Å². The van der Waals surface area contributed by atoms with Crippen molar-refractivity contribution in [2.24, 2.45) is 0 Å². The highest BCUT2D eigenvalue weighted by atomic mass is 32.2. The molecule has 3 fully saturated rings. The van der Waals surface area contributed by atoms with E-state index in [0.717, 1.165) is 51.9 Å². The summed E-state index contributed by atoms with van der Waals surface area (Å²) in [7, 11) is -3.49. The monoisotopic (exact) mass is 391 g/mol. The van der Waals surface area contributed by atoms with E-state index in [1.807, 2.05) is 11.8 Å². The summed E-state index contributed by atoms with van der Waals surface area (Å²) in [5, 5.41) is 0. The van der Waals surface area contributed by atoms with Crippen molar-refractivity contribution in [3.8, 4) is 0 Å². The van der Waals surface area contributed by atoms with Gasteiger partial charge < -0.3 is 4.90 Å². The Morgan fingerprint density at radius 3 is 2.48 bits per heavy atom. The number of benzene rings is 1. The predicted molar refractivity (Wildman–Crippen MR) is 104 cm³/mol. The van der Waals surface area contributed by atoms with Gasteiger partial charge in [-0.1, -0.05) is 6.42 Å². The molecule has 0 saturated carbocycles. The second-order valence-corrected chi connectivity index (χ2v) is 9.96. The lowest BCUT2D eigenvalue weighted by Gasteiger charge is -2.37. The highest BCUT2D eigenvalue weighted by molar-refractivity contribution is 7.89. The van der Waals surface area contributed by atoms with Crippen LogP contribution in [0.4, 0.5) is 0 Å². The van der Waals surface area contributed by atoms with Crippen LogP contribution >= 0.6 is 0 Å². The second kappa shape index (κ2) is 7.53. The molecule has 0 aliphatic carbocycles. The van der Waals surface area contributed by atoms with Crippen LogP contribution in [0.15, 0.2) is 29.2 Å². The van der Waals surface area contributed by atoms with Crippen LogP contribution in [-0.2, 0) is 10.0 Å². The number of nitrogens with zero attached hydrogens (tertiary/aromatic N) is 3. The molecule has 1 amide bonds. The third kappa shape index (κ3) is 3.65. The van der Waals surface area contributed by atoms with Gasteiger partial charge in [-0.15, -0.1) is 0 Å². The van der Waals surface area contributed by atoms with Gasteiger partial charge in [0.15, 0.2) is 0 Å². The van der Waals surface area contributed by atoms with E-state index in [4.69, 9.17) is 0 Å². The van der Waals surface area contributed by atoms with E-state index in [0.29, 0.717) is 18.2 Å². The Labute approximate surface area is 162 Å². The molecule has 4 rings (SSSR count). The van der Waals surface area contributed by atoms with E-state index in [1.165, 1.54) is 6.42 Å². The van der Waals surface area contributed by atoms with Gasteiger partial charge in [-0.25, -0.2) is 8.42 Å². The van der Waals surface area contributed by atoms with Crippen molar-refractivity contribution in [2.45, 2.75) is 56.0 Å². The molecular weight excluding hydrogens is 362 g/mol. The number of hydrogen-bond acceptors (Lipinski definition) is 4. The fourth-order valence-electron chi connectivity index (χ4n) is 4.69. The summed E-state index contributed by atoms with van der Waals surface area (Å²) in [4.78, 5) is 17.5. The van der Waals surface area contributed by atoms with Gasteiger partial charge >= 0.3 is 0 Å². The molecule has 1 aromatic rings. The second-order valence-electron chi connectivity index (χ2n) is 8.07. The number of hydrogen-bond donors (Lipinski definition) is 0. The van der Waals surface area contributed by atoms with Crippen LogP contribution in [0, 0.1) is 0 Å². The first kappa shape index (κ1) is 18.9. The summed E-state index contributed by atoms with van der Waals surface area (Å²) in [6, 6.07) is 7.05. The van der Waals surface area contributed by atoms with Crippen LogP contribution in [0.5, 0.6) is 0 Å². The molecule has 3 aliphatic heterocycles. The highest BCUT2D eigenvalue weighted by Crippen LogP contribution is 2.26. The summed E-state index contributed by atoms with van der Waals surface area (Å²) < 4.78 is 27.5. The molecule has 6 nitrogen and oxygen atoms in total. The van der Waals surface area contributed by atoms with E-state index in [9.17, 15) is 13.2 Å². The van der Waals surface area contributed by atoms with Gasteiger partial charge in [-0.2, -0.15) is 4.31 Å². The highest BCUT2D eigenvalue weighted by Gasteiger charge is 2.33. The number of sulfonamides is 1. The normalized spacial score (nSPS) is 27.5. The molecule has 0 radical (unpaired) electrons. The fourth-order valence-corrected chi connectivity index (χ4v) is 6.39. The molecule has 0 aromatic heterocycles. The largest absolute Gasteiger partial charge is 0.336 e. The maximum absolute atomic E-state index is 12.9. The third-order valence-electron chi connectivity index (χ3n) is 6.32. The van der Waals surface area contributed by atoms with Gasteiger partial charge in [0.2, 0.25) is 10.0 Å². The average molecular weight is 392 g/mol. The standard InChI is InChI=1S/C20H29N3O3S/c1-16-5-2-3-12-23(16)27(25,26)19-9-7-17(8-10-19)20(24)22-14-13-21-11-4-6-18(21)15-22/h7-10,16,18H,2-6,11-15H2,1H3/t16-,18-/m0/s1. The zero-order chi connectivity index (χ0) is 19.0. The minimum Gasteiger partial charge on any atom is -0.336 e. The van der Waals surface area contributed by atoms with Crippen LogP contribution in [0.2, 0.25) is 0 Å². The molecule has 27 heavy (non-hydrogen) atoms. The molecule has 148 valence electrons. The molecule has 7 heteroatoms. The number of piperidine rings is 1. The first-order chi connectivity index (χ1) is 13.0. The Hall–Kier alpha value is -1.44. The first-order valence-electron chi connectivity index (χ1n) is 10.1. The van der Waals surface area contributed by atoms with Gasteiger partial charge in [-0.05, 0) is 63.4 Å². The van der Waals surface area contributed by atoms with Crippen molar-refractivity contribution in [2.75, 3.05) is 32.7 Å². The van der Waals surface area contributed by atoms with Crippen molar-refractivity contribution in [1.82, 2.24) is 14.1 Å². The minimum atomic E-state index is -3.49.